The van der Waals surface area contributed by atoms with Crippen LogP contribution in [0.2, 0.25) is 0 Å². The number of nitrogens with one attached hydrogen (secondary N) is 2. The van der Waals surface area contributed by atoms with E-state index in [1.54, 1.807) is 27.0 Å². The molecule has 0 unspecified atom stereocenters. The summed E-state index contributed by atoms with van der Waals surface area (Å²) < 4.78 is 25.9. The van der Waals surface area contributed by atoms with Gasteiger partial charge in [0.2, 0.25) is 0 Å². The number of benzene rings is 2. The Morgan fingerprint density at radius 2 is 1.74 bits per heavy atom. The van der Waals surface area contributed by atoms with E-state index in [9.17, 15) is 14.7 Å². The number of carbonyl (C=O) groups excluding carboxylic acids is 2. The lowest BCUT2D eigenvalue weighted by molar-refractivity contribution is -0.138. The van der Waals surface area contributed by atoms with Gasteiger partial charge in [0.25, 0.3) is 5.91 Å². The van der Waals surface area contributed by atoms with Gasteiger partial charge in [-0.05, 0) is 35.1 Å². The quantitative estimate of drug-likeness (QED) is 0.238. The first kappa shape index (κ1) is 24.5. The number of hydrogen-bond acceptors (Lipinski definition) is 7. The molecule has 0 aliphatic heterocycles. The van der Waals surface area contributed by atoms with Crippen molar-refractivity contribution in [2.24, 2.45) is 11.1 Å². The van der Waals surface area contributed by atoms with Gasteiger partial charge >= 0.3 is 6.09 Å². The van der Waals surface area contributed by atoms with Gasteiger partial charge in [-0.3, -0.25) is 15.2 Å². The number of aliphatic hydroxyl groups is 1. The van der Waals surface area contributed by atoms with E-state index >= 15 is 0 Å². The molecule has 1 aromatic heterocycles. The minimum atomic E-state index is -2.98. The molecule has 3 aromatic rings. The molecule has 2 amide bonds. The molecule has 9 heteroatoms. The normalized spacial score (nSPS) is 15.4. The predicted molar refractivity (Wildman–Crippen MR) is 146 cm³/mol. The SMILES string of the molecule is [2H]C([2H])([2H])OC(=O)N[C@H](C(=O)NN(Cc1ccc(-c2ccccn2)cc1)[C@H](O)[C@@H](N)Cc1ccccc1)C(C)(C)C. The molecule has 3 rings (SSSR count). The molecule has 0 fully saturated rings. The number of pyridine rings is 1. The van der Waals surface area contributed by atoms with Gasteiger partial charge in [-0.15, -0.1) is 0 Å². The van der Waals surface area contributed by atoms with E-state index in [1.807, 2.05) is 72.8 Å². The molecule has 1 heterocycles. The smallest absolute Gasteiger partial charge is 0.407 e. The molecule has 0 radical (unpaired) electrons. The topological polar surface area (TPSA) is 130 Å². The predicted octanol–water partition coefficient (Wildman–Crippen LogP) is 3.24. The third-order valence-electron chi connectivity index (χ3n) is 6.02. The van der Waals surface area contributed by atoms with Gasteiger partial charge in [0, 0.05) is 24.3 Å². The van der Waals surface area contributed by atoms with Crippen LogP contribution in [-0.2, 0) is 22.5 Å². The maximum Gasteiger partial charge on any atom is 0.407 e. The van der Waals surface area contributed by atoms with Crippen molar-refractivity contribution in [3.8, 4) is 11.3 Å². The molecule has 202 valence electrons. The molecule has 0 bridgehead atoms. The minimum absolute atomic E-state index is 0.0779. The summed E-state index contributed by atoms with van der Waals surface area (Å²) in [5, 5.41) is 14.9. The number of nitrogens with two attached hydrogens (primary N) is 1. The average Bonchev–Trinajstić information content (AvgIpc) is 2.90. The lowest BCUT2D eigenvalue weighted by atomic mass is 9.86. The van der Waals surface area contributed by atoms with Gasteiger partial charge < -0.3 is 20.9 Å². The number of aliphatic hydroxyl groups excluding tert-OH is 1. The highest BCUT2D eigenvalue weighted by atomic mass is 16.5. The Labute approximate surface area is 228 Å². The van der Waals surface area contributed by atoms with Crippen molar-refractivity contribution in [2.45, 2.75) is 52.0 Å². The molecule has 0 aliphatic rings. The number of rotatable bonds is 10. The highest BCUT2D eigenvalue weighted by Gasteiger charge is 2.35. The molecule has 0 saturated heterocycles. The van der Waals surface area contributed by atoms with Crippen LogP contribution in [0.4, 0.5) is 4.79 Å². The highest BCUT2D eigenvalue weighted by molar-refractivity contribution is 5.86. The van der Waals surface area contributed by atoms with E-state index in [4.69, 9.17) is 9.85 Å². The zero-order chi connectivity index (χ0) is 30.2. The first-order valence-electron chi connectivity index (χ1n) is 13.8. The monoisotopic (exact) mass is 522 g/mol. The van der Waals surface area contributed by atoms with Crippen LogP contribution >= 0.6 is 0 Å². The largest absolute Gasteiger partial charge is 0.453 e. The Morgan fingerprint density at radius 3 is 2.34 bits per heavy atom. The summed E-state index contributed by atoms with van der Waals surface area (Å²) >= 11 is 0. The summed E-state index contributed by atoms with van der Waals surface area (Å²) in [5.74, 6) is -0.684. The number of aromatic nitrogens is 1. The van der Waals surface area contributed by atoms with Gasteiger partial charge in [0.15, 0.2) is 0 Å². The molecule has 9 nitrogen and oxygen atoms in total. The summed E-state index contributed by atoms with van der Waals surface area (Å²) in [6, 6.07) is 20.5. The molecular weight excluding hydrogens is 482 g/mol. The van der Waals surface area contributed by atoms with Crippen LogP contribution in [0.3, 0.4) is 0 Å². The average molecular weight is 523 g/mol. The Hall–Kier alpha value is -3.79. The van der Waals surface area contributed by atoms with Crippen molar-refractivity contribution in [3.05, 3.63) is 90.1 Å². The Bertz CT molecular complexity index is 1270. The van der Waals surface area contributed by atoms with Crippen molar-refractivity contribution in [1.29, 1.82) is 0 Å². The van der Waals surface area contributed by atoms with E-state index < -0.39 is 42.8 Å². The second-order valence-corrected chi connectivity index (χ2v) is 10.1. The van der Waals surface area contributed by atoms with Gasteiger partial charge in [-0.2, -0.15) is 5.01 Å². The van der Waals surface area contributed by atoms with Crippen LogP contribution in [-0.4, -0.2) is 52.4 Å². The minimum Gasteiger partial charge on any atom is -0.453 e. The molecule has 5 N–H and O–H groups in total. The van der Waals surface area contributed by atoms with Crippen molar-refractivity contribution in [3.63, 3.8) is 0 Å². The highest BCUT2D eigenvalue weighted by Crippen LogP contribution is 2.21. The third kappa shape index (κ3) is 8.11. The molecule has 0 saturated carbocycles. The van der Waals surface area contributed by atoms with E-state index in [-0.39, 0.29) is 6.54 Å². The molecular formula is C29H37N5O4. The maximum absolute atomic E-state index is 13.5. The first-order chi connectivity index (χ1) is 19.2. The summed E-state index contributed by atoms with van der Waals surface area (Å²) in [4.78, 5) is 30.1. The van der Waals surface area contributed by atoms with E-state index in [2.05, 4.69) is 20.5 Å². The fourth-order valence-corrected chi connectivity index (χ4v) is 3.96. The van der Waals surface area contributed by atoms with Crippen LogP contribution < -0.4 is 16.5 Å². The van der Waals surface area contributed by atoms with Crippen LogP contribution in [0.25, 0.3) is 11.3 Å². The van der Waals surface area contributed by atoms with Crippen LogP contribution in [0.1, 0.15) is 36.0 Å². The van der Waals surface area contributed by atoms with Crippen LogP contribution in [0.15, 0.2) is 79.0 Å². The molecule has 0 spiro atoms. The van der Waals surface area contributed by atoms with E-state index in [0.717, 1.165) is 22.4 Å². The Kier molecular flexibility index (Phi) is 8.49. The summed E-state index contributed by atoms with van der Waals surface area (Å²) in [6.07, 6.45) is -0.542. The van der Waals surface area contributed by atoms with Gasteiger partial charge in [0.05, 0.1) is 16.8 Å². The number of alkyl carbamates (subject to hydrolysis) is 1. The van der Waals surface area contributed by atoms with Crippen molar-refractivity contribution in [2.75, 3.05) is 7.04 Å². The number of ether oxygens (including phenoxy) is 1. The molecule has 3 atom stereocenters. The van der Waals surface area contributed by atoms with Crippen molar-refractivity contribution < 1.29 is 23.5 Å². The number of carbonyl (C=O) groups is 2. The fourth-order valence-electron chi connectivity index (χ4n) is 3.96. The summed E-state index contributed by atoms with van der Waals surface area (Å²) in [7, 11) is -2.98. The second kappa shape index (κ2) is 13.1. The molecule has 38 heavy (non-hydrogen) atoms. The van der Waals surface area contributed by atoms with Gasteiger partial charge in [-0.25, -0.2) is 4.79 Å². The van der Waals surface area contributed by atoms with Crippen molar-refractivity contribution in [1.82, 2.24) is 20.7 Å². The van der Waals surface area contributed by atoms with Crippen LogP contribution in [0, 0.1) is 5.41 Å². The first-order valence-corrected chi connectivity index (χ1v) is 12.3. The number of hydrazine groups is 1. The van der Waals surface area contributed by atoms with E-state index in [1.165, 1.54) is 5.01 Å². The van der Waals surface area contributed by atoms with E-state index in [0.29, 0.717) is 6.42 Å². The molecule has 2 aromatic carbocycles. The lowest BCUT2D eigenvalue weighted by Gasteiger charge is -2.36. The van der Waals surface area contributed by atoms with Gasteiger partial charge in [0.1, 0.15) is 12.3 Å². The van der Waals surface area contributed by atoms with Crippen molar-refractivity contribution >= 4 is 12.0 Å². The lowest BCUT2D eigenvalue weighted by Crippen LogP contribution is -2.61. The zero-order valence-corrected chi connectivity index (χ0v) is 21.8. The Balaban J connectivity index is 1.84. The fraction of sp³-hybridized carbons (Fsp3) is 0.345. The summed E-state index contributed by atoms with van der Waals surface area (Å²) in [5.41, 5.74) is 11.6. The number of nitrogens with zero attached hydrogens (tertiary/aromatic N) is 2. The van der Waals surface area contributed by atoms with Gasteiger partial charge in [-0.1, -0.05) is 81.4 Å². The Morgan fingerprint density at radius 1 is 1.05 bits per heavy atom. The summed E-state index contributed by atoms with van der Waals surface area (Å²) in [6.45, 7) is 5.18. The number of methoxy groups -OCH3 is 1. The standard InChI is InChI=1S/C29H37N5O4/c1-29(2,3)25(32-28(37)38-4)26(35)33-34(27(36)23(30)18-20-10-6-5-7-11-20)19-21-13-15-22(16-14-21)24-12-8-9-17-31-24/h5-17,23,25,27,36H,18-19,30H2,1-4H3,(H,32,37)(H,33,35)/t23-,25+,27+/m0/s1/i4D3. The zero-order valence-electron chi connectivity index (χ0n) is 24.8. The second-order valence-electron chi connectivity index (χ2n) is 10.1. The number of hydrogen-bond donors (Lipinski definition) is 4. The molecule has 0 aliphatic carbocycles. The maximum atomic E-state index is 13.5. The van der Waals surface area contributed by atoms with Crippen LogP contribution in [0.5, 0.6) is 0 Å². The third-order valence-corrected chi connectivity index (χ3v) is 6.02. The number of amides is 2.